The zero-order valence-electron chi connectivity index (χ0n) is 9.20. The molecule has 5 nitrogen and oxygen atoms in total. The highest BCUT2D eigenvalue weighted by molar-refractivity contribution is 5.93. The van der Waals surface area contributed by atoms with Gasteiger partial charge in [0, 0.05) is 17.8 Å². The molecule has 0 saturated heterocycles. The molecule has 5 heteroatoms. The van der Waals surface area contributed by atoms with Crippen molar-refractivity contribution in [1.29, 1.82) is 0 Å². The van der Waals surface area contributed by atoms with Gasteiger partial charge in [0.05, 0.1) is 17.5 Å². The highest BCUT2D eigenvalue weighted by Crippen LogP contribution is 2.09. The monoisotopic (exact) mass is 219 g/mol. The Hall–Kier alpha value is -2.04. The number of carbonyl (C=O) groups is 1. The number of hydrogen-bond donors (Lipinski definition) is 2. The summed E-state index contributed by atoms with van der Waals surface area (Å²) in [6.07, 6.45) is 2.90. The summed E-state index contributed by atoms with van der Waals surface area (Å²) < 4.78 is 4.84. The lowest BCUT2D eigenvalue weighted by atomic mass is 10.2. The normalized spacial score (nSPS) is 10.4. The van der Waals surface area contributed by atoms with Crippen LogP contribution in [-0.4, -0.2) is 16.1 Å². The average Bonchev–Trinajstić information content (AvgIpc) is 2.87. The minimum atomic E-state index is -0.145. The number of furan rings is 1. The van der Waals surface area contributed by atoms with Crippen LogP contribution in [0.2, 0.25) is 0 Å². The molecule has 0 bridgehead atoms. The Balaban J connectivity index is 2.01. The van der Waals surface area contributed by atoms with Crippen LogP contribution in [0.3, 0.4) is 0 Å². The van der Waals surface area contributed by atoms with Gasteiger partial charge in [-0.15, -0.1) is 0 Å². The number of hydrogen-bond acceptors (Lipinski definition) is 3. The van der Waals surface area contributed by atoms with Gasteiger partial charge in [-0.05, 0) is 19.9 Å². The van der Waals surface area contributed by atoms with Gasteiger partial charge in [-0.1, -0.05) is 0 Å². The number of H-pyrrole nitrogens is 1. The van der Waals surface area contributed by atoms with E-state index in [1.165, 1.54) is 12.5 Å². The maximum absolute atomic E-state index is 11.6. The van der Waals surface area contributed by atoms with Crippen molar-refractivity contribution in [3.05, 3.63) is 41.1 Å². The Bertz CT molecular complexity index is 466. The van der Waals surface area contributed by atoms with Crippen LogP contribution in [0.5, 0.6) is 0 Å². The minimum Gasteiger partial charge on any atom is -0.472 e. The van der Waals surface area contributed by atoms with Gasteiger partial charge in [0.15, 0.2) is 0 Å². The van der Waals surface area contributed by atoms with Crippen molar-refractivity contribution >= 4 is 5.91 Å². The quantitative estimate of drug-likeness (QED) is 0.822. The van der Waals surface area contributed by atoms with Gasteiger partial charge in [-0.2, -0.15) is 5.10 Å². The van der Waals surface area contributed by atoms with E-state index < -0.39 is 0 Å². The van der Waals surface area contributed by atoms with Crippen LogP contribution in [0.1, 0.15) is 27.3 Å². The average molecular weight is 219 g/mol. The first-order valence-electron chi connectivity index (χ1n) is 4.99. The third-order valence-corrected chi connectivity index (χ3v) is 2.49. The highest BCUT2D eigenvalue weighted by Gasteiger charge is 2.10. The van der Waals surface area contributed by atoms with Crippen molar-refractivity contribution in [3.8, 4) is 0 Å². The molecule has 0 atom stereocenters. The number of nitrogens with zero attached hydrogens (tertiary/aromatic N) is 1. The Morgan fingerprint density at radius 3 is 2.94 bits per heavy atom. The van der Waals surface area contributed by atoms with Gasteiger partial charge in [0.25, 0.3) is 5.91 Å². The molecule has 0 aliphatic heterocycles. The van der Waals surface area contributed by atoms with Crippen LogP contribution >= 0.6 is 0 Å². The molecule has 0 unspecified atom stereocenters. The first-order valence-corrected chi connectivity index (χ1v) is 4.99. The van der Waals surface area contributed by atoms with E-state index in [-0.39, 0.29) is 5.91 Å². The predicted octanol–water partition coefficient (Wildman–Crippen LogP) is 1.55. The molecular weight excluding hydrogens is 206 g/mol. The molecule has 0 aliphatic carbocycles. The van der Waals surface area contributed by atoms with Crippen LogP contribution in [-0.2, 0) is 6.54 Å². The highest BCUT2D eigenvalue weighted by atomic mass is 16.3. The van der Waals surface area contributed by atoms with E-state index in [4.69, 9.17) is 4.42 Å². The standard InChI is InChI=1S/C11H13N3O2/c1-7-10(8(2)14-13-7)5-12-11(15)9-3-4-16-6-9/h3-4,6H,5H2,1-2H3,(H,12,15)(H,13,14). The van der Waals surface area contributed by atoms with Gasteiger partial charge in [-0.3, -0.25) is 9.89 Å². The molecule has 0 saturated carbocycles. The third-order valence-electron chi connectivity index (χ3n) is 2.49. The lowest BCUT2D eigenvalue weighted by Crippen LogP contribution is -2.22. The fourth-order valence-electron chi connectivity index (χ4n) is 1.50. The molecule has 16 heavy (non-hydrogen) atoms. The van der Waals surface area contributed by atoms with Gasteiger partial charge >= 0.3 is 0 Å². The second kappa shape index (κ2) is 4.22. The van der Waals surface area contributed by atoms with Crippen LogP contribution < -0.4 is 5.32 Å². The van der Waals surface area contributed by atoms with E-state index in [9.17, 15) is 4.79 Å². The molecule has 1 amide bonds. The largest absolute Gasteiger partial charge is 0.472 e. The molecule has 2 aromatic heterocycles. The van der Waals surface area contributed by atoms with Crippen molar-refractivity contribution in [2.45, 2.75) is 20.4 Å². The number of rotatable bonds is 3. The molecule has 0 aromatic carbocycles. The molecule has 0 fully saturated rings. The summed E-state index contributed by atoms with van der Waals surface area (Å²) in [5.74, 6) is -0.145. The zero-order valence-corrected chi connectivity index (χ0v) is 9.20. The summed E-state index contributed by atoms with van der Waals surface area (Å²) in [5, 5.41) is 9.75. The van der Waals surface area contributed by atoms with Crippen LogP contribution in [0.25, 0.3) is 0 Å². The summed E-state index contributed by atoms with van der Waals surface area (Å²) in [6.45, 7) is 4.31. The molecule has 2 heterocycles. The minimum absolute atomic E-state index is 0.145. The topological polar surface area (TPSA) is 70.9 Å². The van der Waals surface area contributed by atoms with E-state index >= 15 is 0 Å². The lowest BCUT2D eigenvalue weighted by molar-refractivity contribution is 0.0950. The summed E-state index contributed by atoms with van der Waals surface area (Å²) in [6, 6.07) is 1.63. The van der Waals surface area contributed by atoms with Gasteiger partial charge in [-0.25, -0.2) is 0 Å². The zero-order chi connectivity index (χ0) is 11.5. The van der Waals surface area contributed by atoms with E-state index in [1.807, 2.05) is 13.8 Å². The molecule has 0 spiro atoms. The Labute approximate surface area is 92.9 Å². The number of aromatic nitrogens is 2. The van der Waals surface area contributed by atoms with Gasteiger partial charge in [0.1, 0.15) is 6.26 Å². The van der Waals surface area contributed by atoms with E-state index in [0.29, 0.717) is 12.1 Å². The summed E-state index contributed by atoms with van der Waals surface area (Å²) in [7, 11) is 0. The first kappa shape index (κ1) is 10.5. The Kier molecular flexibility index (Phi) is 2.76. The predicted molar refractivity (Wildman–Crippen MR) is 57.9 cm³/mol. The van der Waals surface area contributed by atoms with Gasteiger partial charge < -0.3 is 9.73 Å². The van der Waals surface area contributed by atoms with E-state index in [2.05, 4.69) is 15.5 Å². The molecule has 2 N–H and O–H groups in total. The maximum Gasteiger partial charge on any atom is 0.254 e. The molecule has 2 rings (SSSR count). The van der Waals surface area contributed by atoms with Crippen molar-refractivity contribution in [3.63, 3.8) is 0 Å². The summed E-state index contributed by atoms with van der Waals surface area (Å²) in [5.41, 5.74) is 3.44. The van der Waals surface area contributed by atoms with Crippen molar-refractivity contribution < 1.29 is 9.21 Å². The fraction of sp³-hybridized carbons (Fsp3) is 0.273. The second-order valence-electron chi connectivity index (χ2n) is 3.61. The summed E-state index contributed by atoms with van der Waals surface area (Å²) >= 11 is 0. The van der Waals surface area contributed by atoms with Crippen LogP contribution in [0, 0.1) is 13.8 Å². The molecule has 0 aliphatic rings. The van der Waals surface area contributed by atoms with Crippen molar-refractivity contribution in [2.24, 2.45) is 0 Å². The third kappa shape index (κ3) is 1.98. The number of aromatic amines is 1. The smallest absolute Gasteiger partial charge is 0.254 e. The van der Waals surface area contributed by atoms with Crippen LogP contribution in [0.4, 0.5) is 0 Å². The number of nitrogens with one attached hydrogen (secondary N) is 2. The fourth-order valence-corrected chi connectivity index (χ4v) is 1.50. The number of amides is 1. The first-order chi connectivity index (χ1) is 7.68. The maximum atomic E-state index is 11.6. The SMILES string of the molecule is Cc1n[nH]c(C)c1CNC(=O)c1ccoc1. The Morgan fingerprint density at radius 2 is 2.38 bits per heavy atom. The number of carbonyl (C=O) groups excluding carboxylic acids is 1. The van der Waals surface area contributed by atoms with Crippen molar-refractivity contribution in [2.75, 3.05) is 0 Å². The second-order valence-corrected chi connectivity index (χ2v) is 3.61. The molecule has 0 radical (unpaired) electrons. The van der Waals surface area contributed by atoms with Crippen LogP contribution in [0.15, 0.2) is 23.0 Å². The van der Waals surface area contributed by atoms with E-state index in [1.54, 1.807) is 6.07 Å². The van der Waals surface area contributed by atoms with Gasteiger partial charge in [0.2, 0.25) is 0 Å². The van der Waals surface area contributed by atoms with E-state index in [0.717, 1.165) is 17.0 Å². The Morgan fingerprint density at radius 1 is 1.56 bits per heavy atom. The summed E-state index contributed by atoms with van der Waals surface area (Å²) in [4.78, 5) is 11.6. The lowest BCUT2D eigenvalue weighted by Gasteiger charge is -2.03. The number of aryl methyl sites for hydroxylation is 2. The molecule has 84 valence electrons. The molecule has 2 aromatic rings. The molecular formula is C11H13N3O2. The van der Waals surface area contributed by atoms with Crippen molar-refractivity contribution in [1.82, 2.24) is 15.5 Å².